The highest BCUT2D eigenvalue weighted by molar-refractivity contribution is 6.33. The van der Waals surface area contributed by atoms with Crippen molar-refractivity contribution in [2.75, 3.05) is 12.8 Å². The lowest BCUT2D eigenvalue weighted by Crippen LogP contribution is -1.94. The summed E-state index contributed by atoms with van der Waals surface area (Å²) < 4.78 is 10.5. The van der Waals surface area contributed by atoms with Gasteiger partial charge in [0, 0.05) is 23.1 Å². The largest absolute Gasteiger partial charge is 0.495 e. The average molecular weight is 318 g/mol. The maximum atomic E-state index is 6.16. The van der Waals surface area contributed by atoms with E-state index in [2.05, 4.69) is 10.1 Å². The molecule has 0 amide bonds. The summed E-state index contributed by atoms with van der Waals surface area (Å²) in [5.74, 6) is 1.64. The Bertz CT molecular complexity index is 843. The zero-order valence-corrected chi connectivity index (χ0v) is 13.3. The number of pyridine rings is 1. The zero-order chi connectivity index (χ0) is 15.9. The van der Waals surface area contributed by atoms with Crippen LogP contribution in [-0.4, -0.2) is 17.3 Å². The minimum Gasteiger partial charge on any atom is -0.495 e. The van der Waals surface area contributed by atoms with E-state index in [1.807, 2.05) is 19.9 Å². The standard InChI is InChI=1S/C16H16ClN3O2/c1-8(2)15-7-14(20-22-15)13-6-11(18)9-4-16(21-3)10(17)5-12(9)19-13/h4-8H,1-3H3,(H2,18,19). The van der Waals surface area contributed by atoms with E-state index in [-0.39, 0.29) is 5.92 Å². The molecule has 22 heavy (non-hydrogen) atoms. The number of rotatable bonds is 3. The summed E-state index contributed by atoms with van der Waals surface area (Å²) in [6.45, 7) is 4.08. The van der Waals surface area contributed by atoms with Gasteiger partial charge in [0.2, 0.25) is 0 Å². The molecule has 1 aromatic carbocycles. The third-order valence-corrected chi connectivity index (χ3v) is 3.77. The van der Waals surface area contributed by atoms with Gasteiger partial charge in [-0.3, -0.25) is 0 Å². The Morgan fingerprint density at radius 1 is 1.18 bits per heavy atom. The van der Waals surface area contributed by atoms with Crippen LogP contribution < -0.4 is 10.5 Å². The van der Waals surface area contributed by atoms with E-state index in [4.69, 9.17) is 26.6 Å². The Labute approximate surface area is 133 Å². The molecule has 0 saturated heterocycles. The molecule has 2 N–H and O–H groups in total. The molecule has 0 aliphatic carbocycles. The van der Waals surface area contributed by atoms with Gasteiger partial charge < -0.3 is 15.0 Å². The molecular formula is C16H16ClN3O2. The van der Waals surface area contributed by atoms with Crippen LogP contribution >= 0.6 is 11.6 Å². The summed E-state index contributed by atoms with van der Waals surface area (Å²) in [6, 6.07) is 7.17. The van der Waals surface area contributed by atoms with Gasteiger partial charge in [0.1, 0.15) is 17.2 Å². The van der Waals surface area contributed by atoms with Crippen molar-refractivity contribution in [3.05, 3.63) is 35.0 Å². The monoisotopic (exact) mass is 317 g/mol. The molecule has 0 saturated carbocycles. The van der Waals surface area contributed by atoms with Gasteiger partial charge in [-0.2, -0.15) is 0 Å². The Morgan fingerprint density at radius 3 is 2.59 bits per heavy atom. The number of nitrogens with zero attached hydrogens (tertiary/aromatic N) is 2. The molecular weight excluding hydrogens is 302 g/mol. The molecule has 3 rings (SSSR count). The van der Waals surface area contributed by atoms with Crippen LogP contribution in [0.15, 0.2) is 28.8 Å². The van der Waals surface area contributed by atoms with Crippen molar-refractivity contribution in [2.24, 2.45) is 0 Å². The maximum Gasteiger partial charge on any atom is 0.139 e. The molecule has 0 radical (unpaired) electrons. The van der Waals surface area contributed by atoms with Crippen LogP contribution in [0.2, 0.25) is 5.02 Å². The van der Waals surface area contributed by atoms with Crippen LogP contribution in [0, 0.1) is 0 Å². The Balaban J connectivity index is 2.15. The fraction of sp³-hybridized carbons (Fsp3) is 0.250. The predicted octanol–water partition coefficient (Wildman–Crippen LogP) is 4.26. The first-order valence-electron chi connectivity index (χ1n) is 6.90. The fourth-order valence-electron chi connectivity index (χ4n) is 2.22. The van der Waals surface area contributed by atoms with Gasteiger partial charge in [-0.1, -0.05) is 30.6 Å². The first-order chi connectivity index (χ1) is 10.5. The molecule has 0 fully saturated rings. The molecule has 2 heterocycles. The molecule has 0 bridgehead atoms. The van der Waals surface area contributed by atoms with Crippen molar-refractivity contribution in [3.8, 4) is 17.1 Å². The number of aromatic nitrogens is 2. The quantitative estimate of drug-likeness (QED) is 0.781. The van der Waals surface area contributed by atoms with Gasteiger partial charge in [-0.15, -0.1) is 0 Å². The van der Waals surface area contributed by atoms with Gasteiger partial charge in [-0.05, 0) is 18.2 Å². The fourth-order valence-corrected chi connectivity index (χ4v) is 2.46. The van der Waals surface area contributed by atoms with E-state index in [9.17, 15) is 0 Å². The molecule has 5 nitrogen and oxygen atoms in total. The molecule has 3 aromatic rings. The first-order valence-corrected chi connectivity index (χ1v) is 7.28. The lowest BCUT2D eigenvalue weighted by atomic mass is 10.1. The van der Waals surface area contributed by atoms with E-state index >= 15 is 0 Å². The number of halogens is 1. The summed E-state index contributed by atoms with van der Waals surface area (Å²) in [7, 11) is 1.56. The predicted molar refractivity (Wildman–Crippen MR) is 87.3 cm³/mol. The number of nitrogens with two attached hydrogens (primary N) is 1. The molecule has 0 spiro atoms. The number of anilines is 1. The second-order valence-electron chi connectivity index (χ2n) is 5.37. The van der Waals surface area contributed by atoms with Crippen LogP contribution in [-0.2, 0) is 0 Å². The van der Waals surface area contributed by atoms with Crippen LogP contribution in [0.5, 0.6) is 5.75 Å². The van der Waals surface area contributed by atoms with Crippen LogP contribution in [0.1, 0.15) is 25.5 Å². The van der Waals surface area contributed by atoms with Crippen molar-refractivity contribution < 1.29 is 9.26 Å². The van der Waals surface area contributed by atoms with Gasteiger partial charge >= 0.3 is 0 Å². The van der Waals surface area contributed by atoms with Crippen molar-refractivity contribution in [2.45, 2.75) is 19.8 Å². The van der Waals surface area contributed by atoms with Crippen molar-refractivity contribution >= 4 is 28.2 Å². The number of hydrogen-bond acceptors (Lipinski definition) is 5. The number of fused-ring (bicyclic) bond motifs is 1. The van der Waals surface area contributed by atoms with Gasteiger partial charge in [0.05, 0.1) is 23.3 Å². The lowest BCUT2D eigenvalue weighted by Gasteiger charge is -2.08. The summed E-state index contributed by atoms with van der Waals surface area (Å²) in [4.78, 5) is 4.57. The molecule has 114 valence electrons. The van der Waals surface area contributed by atoms with Crippen LogP contribution in [0.3, 0.4) is 0 Å². The van der Waals surface area contributed by atoms with Crippen LogP contribution in [0.25, 0.3) is 22.3 Å². The second kappa shape index (κ2) is 5.50. The van der Waals surface area contributed by atoms with E-state index < -0.39 is 0 Å². The average Bonchev–Trinajstić information content (AvgIpc) is 2.96. The highest BCUT2D eigenvalue weighted by Crippen LogP contribution is 2.34. The molecule has 2 aromatic heterocycles. The highest BCUT2D eigenvalue weighted by atomic mass is 35.5. The van der Waals surface area contributed by atoms with E-state index in [0.717, 1.165) is 11.1 Å². The molecule has 0 aliphatic heterocycles. The minimum absolute atomic E-state index is 0.262. The van der Waals surface area contributed by atoms with E-state index in [0.29, 0.717) is 33.4 Å². The normalized spacial score (nSPS) is 11.3. The Morgan fingerprint density at radius 2 is 1.95 bits per heavy atom. The Kier molecular flexibility index (Phi) is 3.66. The molecule has 0 atom stereocenters. The molecule has 0 aliphatic rings. The summed E-state index contributed by atoms with van der Waals surface area (Å²) in [5, 5.41) is 5.34. The SMILES string of the molecule is COc1cc2c(N)cc(-c3cc(C(C)C)on3)nc2cc1Cl. The third kappa shape index (κ3) is 2.48. The van der Waals surface area contributed by atoms with Crippen molar-refractivity contribution in [3.63, 3.8) is 0 Å². The third-order valence-electron chi connectivity index (χ3n) is 3.47. The Hall–Kier alpha value is -2.27. The minimum atomic E-state index is 0.262. The van der Waals surface area contributed by atoms with Crippen molar-refractivity contribution in [1.29, 1.82) is 0 Å². The van der Waals surface area contributed by atoms with E-state index in [1.165, 1.54) is 0 Å². The summed E-state index contributed by atoms with van der Waals surface area (Å²) in [6.07, 6.45) is 0. The van der Waals surface area contributed by atoms with Gasteiger partial charge in [-0.25, -0.2) is 4.98 Å². The topological polar surface area (TPSA) is 74.2 Å². The van der Waals surface area contributed by atoms with E-state index in [1.54, 1.807) is 25.3 Å². The molecule has 6 heteroatoms. The first kappa shape index (κ1) is 14.7. The highest BCUT2D eigenvalue weighted by Gasteiger charge is 2.14. The summed E-state index contributed by atoms with van der Waals surface area (Å²) >= 11 is 6.16. The number of benzene rings is 1. The number of nitrogen functional groups attached to an aromatic ring is 1. The zero-order valence-electron chi connectivity index (χ0n) is 12.6. The number of ether oxygens (including phenoxy) is 1. The summed E-state index contributed by atoms with van der Waals surface area (Å²) in [5.41, 5.74) is 8.73. The smallest absolute Gasteiger partial charge is 0.139 e. The van der Waals surface area contributed by atoms with Gasteiger partial charge in [0.25, 0.3) is 0 Å². The van der Waals surface area contributed by atoms with Crippen molar-refractivity contribution in [1.82, 2.24) is 10.1 Å². The number of hydrogen-bond donors (Lipinski definition) is 1. The van der Waals surface area contributed by atoms with Gasteiger partial charge in [0.15, 0.2) is 0 Å². The number of methoxy groups -OCH3 is 1. The molecule has 0 unspecified atom stereocenters. The second-order valence-corrected chi connectivity index (χ2v) is 5.78. The van der Waals surface area contributed by atoms with Crippen LogP contribution in [0.4, 0.5) is 5.69 Å². The lowest BCUT2D eigenvalue weighted by molar-refractivity contribution is 0.373. The maximum absolute atomic E-state index is 6.16.